The van der Waals surface area contributed by atoms with Crippen LogP contribution in [0.3, 0.4) is 0 Å². The van der Waals surface area contributed by atoms with E-state index in [1.807, 2.05) is 6.08 Å². The lowest BCUT2D eigenvalue weighted by Crippen LogP contribution is -2.17. The van der Waals surface area contributed by atoms with Crippen molar-refractivity contribution >= 4 is 6.08 Å². The lowest BCUT2D eigenvalue weighted by molar-refractivity contribution is 0.395. The maximum absolute atomic E-state index is 5.64. The zero-order valence-electron chi connectivity index (χ0n) is 12.8. The average molecular weight is 246 g/mol. The van der Waals surface area contributed by atoms with Crippen LogP contribution in [-0.4, -0.2) is 7.11 Å². The number of methoxy groups -OCH3 is 1. The third-order valence-electron chi connectivity index (χ3n) is 3.40. The zero-order valence-corrected chi connectivity index (χ0v) is 12.8. The molecule has 0 heterocycles. The van der Waals surface area contributed by atoms with Crippen LogP contribution >= 0.6 is 0 Å². The van der Waals surface area contributed by atoms with Crippen molar-refractivity contribution in [2.45, 2.75) is 52.9 Å². The van der Waals surface area contributed by atoms with Crippen LogP contribution in [0.15, 0.2) is 12.6 Å². The molecular weight excluding hydrogens is 220 g/mol. The summed E-state index contributed by atoms with van der Waals surface area (Å²) in [6.07, 6.45) is 1.89. The molecule has 0 aliphatic carbocycles. The number of hydrogen-bond acceptors (Lipinski definition) is 1. The monoisotopic (exact) mass is 246 g/mol. The van der Waals surface area contributed by atoms with Gasteiger partial charge in [-0.2, -0.15) is 0 Å². The Kier molecular flexibility index (Phi) is 4.26. The van der Waals surface area contributed by atoms with Crippen LogP contribution in [0, 0.1) is 6.92 Å². The summed E-state index contributed by atoms with van der Waals surface area (Å²) in [7, 11) is 1.74. The lowest BCUT2D eigenvalue weighted by Gasteiger charge is -2.28. The molecule has 1 aromatic rings. The van der Waals surface area contributed by atoms with E-state index in [2.05, 4.69) is 54.2 Å². The van der Waals surface area contributed by atoms with E-state index in [0.717, 1.165) is 11.3 Å². The molecule has 0 fully saturated rings. The molecule has 0 spiro atoms. The highest BCUT2D eigenvalue weighted by molar-refractivity contribution is 5.64. The van der Waals surface area contributed by atoms with E-state index in [0.29, 0.717) is 5.92 Å². The molecule has 0 radical (unpaired) electrons. The molecule has 1 heteroatoms. The van der Waals surface area contributed by atoms with Gasteiger partial charge in [-0.25, -0.2) is 0 Å². The Morgan fingerprint density at radius 3 is 2.17 bits per heavy atom. The standard InChI is InChI=1S/C17H26O/c1-9-13-10-14(11(2)3)12(4)15(16(13)18-8)17(5,6)7/h9-11H,1H2,2-8H3. The van der Waals surface area contributed by atoms with E-state index >= 15 is 0 Å². The van der Waals surface area contributed by atoms with Gasteiger partial charge in [0.2, 0.25) is 0 Å². The molecule has 1 aromatic carbocycles. The molecule has 0 atom stereocenters. The predicted octanol–water partition coefficient (Wildman–Crippen LogP) is 5.07. The van der Waals surface area contributed by atoms with Gasteiger partial charge in [-0.15, -0.1) is 0 Å². The molecule has 18 heavy (non-hydrogen) atoms. The second-order valence-electron chi connectivity index (χ2n) is 6.20. The molecule has 100 valence electrons. The van der Waals surface area contributed by atoms with Gasteiger partial charge in [-0.05, 0) is 35.4 Å². The van der Waals surface area contributed by atoms with Crippen LogP contribution < -0.4 is 4.74 Å². The van der Waals surface area contributed by atoms with E-state index < -0.39 is 0 Å². The predicted molar refractivity (Wildman–Crippen MR) is 80.6 cm³/mol. The summed E-state index contributed by atoms with van der Waals surface area (Å²) in [5, 5.41) is 0. The molecule has 0 unspecified atom stereocenters. The van der Waals surface area contributed by atoms with Crippen LogP contribution in [0.4, 0.5) is 0 Å². The van der Waals surface area contributed by atoms with Crippen molar-refractivity contribution in [3.05, 3.63) is 34.9 Å². The second-order valence-corrected chi connectivity index (χ2v) is 6.20. The molecule has 0 saturated carbocycles. The zero-order chi connectivity index (χ0) is 14.1. The van der Waals surface area contributed by atoms with E-state index in [1.54, 1.807) is 7.11 Å². The summed E-state index contributed by atoms with van der Waals surface area (Å²) in [5.74, 6) is 1.48. The molecule has 0 saturated heterocycles. The summed E-state index contributed by atoms with van der Waals surface area (Å²) in [6, 6.07) is 2.21. The van der Waals surface area contributed by atoms with E-state index in [1.165, 1.54) is 16.7 Å². The molecule has 0 bridgehead atoms. The minimum Gasteiger partial charge on any atom is -0.496 e. The SMILES string of the molecule is C=Cc1cc(C(C)C)c(C)c(C(C)(C)C)c1OC. The molecule has 0 amide bonds. The number of rotatable bonds is 3. The van der Waals surface area contributed by atoms with Crippen molar-refractivity contribution in [3.8, 4) is 5.75 Å². The van der Waals surface area contributed by atoms with Gasteiger partial charge in [-0.1, -0.05) is 47.3 Å². The van der Waals surface area contributed by atoms with Crippen molar-refractivity contribution in [2.24, 2.45) is 0 Å². The van der Waals surface area contributed by atoms with Crippen LogP contribution in [0.5, 0.6) is 5.75 Å². The largest absolute Gasteiger partial charge is 0.496 e. The molecular formula is C17H26O. The summed E-state index contributed by atoms with van der Waals surface area (Å²) in [4.78, 5) is 0. The van der Waals surface area contributed by atoms with Crippen LogP contribution in [0.25, 0.3) is 6.08 Å². The normalized spacial score (nSPS) is 11.8. The van der Waals surface area contributed by atoms with E-state index in [4.69, 9.17) is 4.74 Å². The van der Waals surface area contributed by atoms with Crippen molar-refractivity contribution in [2.75, 3.05) is 7.11 Å². The van der Waals surface area contributed by atoms with Gasteiger partial charge in [0.1, 0.15) is 5.75 Å². The maximum Gasteiger partial charge on any atom is 0.130 e. The van der Waals surface area contributed by atoms with Gasteiger partial charge in [0.05, 0.1) is 7.11 Å². The summed E-state index contributed by atoms with van der Waals surface area (Å²) >= 11 is 0. The summed E-state index contributed by atoms with van der Waals surface area (Å²) in [5.41, 5.74) is 5.19. The van der Waals surface area contributed by atoms with Crippen LogP contribution in [0.1, 0.15) is 62.8 Å². The average Bonchev–Trinajstić information content (AvgIpc) is 2.25. The minimum atomic E-state index is 0.0675. The first-order valence-corrected chi connectivity index (χ1v) is 6.58. The highest BCUT2D eigenvalue weighted by Crippen LogP contribution is 2.40. The Hall–Kier alpha value is -1.24. The van der Waals surface area contributed by atoms with Gasteiger partial charge in [0.15, 0.2) is 0 Å². The Balaban J connectivity index is 3.73. The molecule has 0 N–H and O–H groups in total. The maximum atomic E-state index is 5.64. The molecule has 0 aromatic heterocycles. The summed E-state index contributed by atoms with van der Waals surface area (Å²) < 4.78 is 5.64. The fraction of sp³-hybridized carbons (Fsp3) is 0.529. The Labute approximate surface area is 112 Å². The lowest BCUT2D eigenvalue weighted by atomic mass is 9.79. The Bertz CT molecular complexity index is 448. The Morgan fingerprint density at radius 2 is 1.83 bits per heavy atom. The van der Waals surface area contributed by atoms with Crippen molar-refractivity contribution < 1.29 is 4.74 Å². The molecule has 1 rings (SSSR count). The highest BCUT2D eigenvalue weighted by Gasteiger charge is 2.25. The summed E-state index contributed by atoms with van der Waals surface area (Å²) in [6.45, 7) is 17.3. The first-order valence-electron chi connectivity index (χ1n) is 6.58. The van der Waals surface area contributed by atoms with Gasteiger partial charge in [0.25, 0.3) is 0 Å². The topological polar surface area (TPSA) is 9.23 Å². The van der Waals surface area contributed by atoms with Crippen molar-refractivity contribution in [1.29, 1.82) is 0 Å². The molecule has 0 aliphatic heterocycles. The third-order valence-corrected chi connectivity index (χ3v) is 3.40. The second kappa shape index (κ2) is 5.17. The van der Waals surface area contributed by atoms with E-state index in [-0.39, 0.29) is 5.41 Å². The Morgan fingerprint density at radius 1 is 1.28 bits per heavy atom. The van der Waals surface area contributed by atoms with Crippen molar-refractivity contribution in [1.82, 2.24) is 0 Å². The van der Waals surface area contributed by atoms with Crippen LogP contribution in [-0.2, 0) is 5.41 Å². The van der Waals surface area contributed by atoms with Crippen LogP contribution in [0.2, 0.25) is 0 Å². The first kappa shape index (κ1) is 14.8. The highest BCUT2D eigenvalue weighted by atomic mass is 16.5. The number of ether oxygens (including phenoxy) is 1. The number of hydrogen-bond donors (Lipinski definition) is 0. The quantitative estimate of drug-likeness (QED) is 0.723. The van der Waals surface area contributed by atoms with Crippen molar-refractivity contribution in [3.63, 3.8) is 0 Å². The van der Waals surface area contributed by atoms with Gasteiger partial charge in [-0.3, -0.25) is 0 Å². The fourth-order valence-corrected chi connectivity index (χ4v) is 2.67. The number of benzene rings is 1. The third kappa shape index (κ3) is 2.60. The minimum absolute atomic E-state index is 0.0675. The first-order chi connectivity index (χ1) is 8.23. The van der Waals surface area contributed by atoms with E-state index in [9.17, 15) is 0 Å². The smallest absolute Gasteiger partial charge is 0.130 e. The van der Waals surface area contributed by atoms with Gasteiger partial charge in [0, 0.05) is 11.1 Å². The molecule has 0 aliphatic rings. The van der Waals surface area contributed by atoms with Gasteiger partial charge < -0.3 is 4.74 Å². The van der Waals surface area contributed by atoms with Gasteiger partial charge >= 0.3 is 0 Å². The molecule has 1 nitrogen and oxygen atoms in total. The fourth-order valence-electron chi connectivity index (χ4n) is 2.67.